The summed E-state index contributed by atoms with van der Waals surface area (Å²) in [6.45, 7) is 0.224. The van der Waals surface area contributed by atoms with Crippen LogP contribution in [0.4, 0.5) is 29.2 Å². The van der Waals surface area contributed by atoms with Crippen LogP contribution in [0.5, 0.6) is 0 Å². The fourth-order valence-corrected chi connectivity index (χ4v) is 3.55. The number of hydrogen-bond acceptors (Lipinski definition) is 6. The minimum Gasteiger partial charge on any atom is -0.369 e. The quantitative estimate of drug-likeness (QED) is 0.401. The molecule has 178 valence electrons. The van der Waals surface area contributed by atoms with Crippen molar-refractivity contribution in [2.24, 2.45) is 11.7 Å². The Labute approximate surface area is 192 Å². The van der Waals surface area contributed by atoms with Crippen LogP contribution in [-0.2, 0) is 23.9 Å². The number of amides is 1. The molecule has 7 nitrogen and oxygen atoms in total. The molecule has 1 amide bonds. The number of nitrogens with one attached hydrogen (secondary N) is 2. The highest BCUT2D eigenvalue weighted by Crippen LogP contribution is 2.43. The number of anilines is 2. The molecule has 0 bridgehead atoms. The molecule has 1 fully saturated rings. The Hall–Kier alpha value is -3.76. The molecular weight excluding hydrogens is 452 g/mol. The molecule has 2 aromatic heterocycles. The van der Waals surface area contributed by atoms with Gasteiger partial charge in [0.15, 0.2) is 11.6 Å². The standard InChI is InChI=1S/C23H22F4N6O/c24-19-21(30-11-13-1-8-17(29-10-13)9-18(28)34)31-12-32-22(19)33-20(14-2-3-14)15-4-6-16(7-5-15)23(25,26)27/h1,4-8,10,12,14,20H,2-3,9,11H2,(H2,28,34)(H2,30,31,32,33). The van der Waals surface area contributed by atoms with Crippen molar-refractivity contribution in [3.05, 3.63) is 77.1 Å². The number of carbonyl (C=O) groups is 1. The van der Waals surface area contributed by atoms with Gasteiger partial charge >= 0.3 is 6.18 Å². The number of benzene rings is 1. The molecule has 0 saturated heterocycles. The van der Waals surface area contributed by atoms with E-state index in [9.17, 15) is 18.0 Å². The van der Waals surface area contributed by atoms with Gasteiger partial charge in [0.05, 0.1) is 18.0 Å². The van der Waals surface area contributed by atoms with Crippen molar-refractivity contribution in [2.45, 2.75) is 38.0 Å². The first kappa shape index (κ1) is 23.4. The van der Waals surface area contributed by atoms with E-state index in [2.05, 4.69) is 25.6 Å². The number of halogens is 4. The van der Waals surface area contributed by atoms with Gasteiger partial charge in [0.1, 0.15) is 6.33 Å². The lowest BCUT2D eigenvalue weighted by atomic mass is 10.0. The predicted octanol–water partition coefficient (Wildman–Crippen LogP) is 4.23. The summed E-state index contributed by atoms with van der Waals surface area (Å²) in [4.78, 5) is 23.0. The topological polar surface area (TPSA) is 106 Å². The largest absolute Gasteiger partial charge is 0.416 e. The average Bonchev–Trinajstić information content (AvgIpc) is 3.63. The zero-order chi connectivity index (χ0) is 24.3. The Morgan fingerprint density at radius 2 is 1.76 bits per heavy atom. The first-order valence-electron chi connectivity index (χ1n) is 10.6. The van der Waals surface area contributed by atoms with Crippen LogP contribution in [-0.4, -0.2) is 20.9 Å². The van der Waals surface area contributed by atoms with Gasteiger partial charge in [-0.3, -0.25) is 9.78 Å². The minimum absolute atomic E-state index is 0.0271. The second kappa shape index (κ2) is 9.62. The Kier molecular flexibility index (Phi) is 6.62. The molecule has 1 aliphatic carbocycles. The maximum absolute atomic E-state index is 15.1. The number of carbonyl (C=O) groups excluding carboxylic acids is 1. The van der Waals surface area contributed by atoms with Crippen molar-refractivity contribution in [2.75, 3.05) is 10.6 Å². The van der Waals surface area contributed by atoms with E-state index in [1.807, 2.05) is 0 Å². The van der Waals surface area contributed by atoms with Gasteiger partial charge in [0, 0.05) is 18.4 Å². The summed E-state index contributed by atoms with van der Waals surface area (Å²) in [7, 11) is 0. The van der Waals surface area contributed by atoms with Crippen molar-refractivity contribution in [1.29, 1.82) is 0 Å². The zero-order valence-corrected chi connectivity index (χ0v) is 17.9. The molecule has 34 heavy (non-hydrogen) atoms. The van der Waals surface area contributed by atoms with Crippen LogP contribution in [0.15, 0.2) is 48.9 Å². The lowest BCUT2D eigenvalue weighted by Crippen LogP contribution is -2.17. The summed E-state index contributed by atoms with van der Waals surface area (Å²) < 4.78 is 53.8. The number of hydrogen-bond donors (Lipinski definition) is 3. The molecule has 0 spiro atoms. The second-order valence-corrected chi connectivity index (χ2v) is 8.12. The maximum Gasteiger partial charge on any atom is 0.416 e. The molecule has 4 N–H and O–H groups in total. The number of nitrogens with zero attached hydrogens (tertiary/aromatic N) is 3. The SMILES string of the molecule is NC(=O)Cc1ccc(CNc2ncnc(NC(c3ccc(C(F)(F)F)cc3)C3CC3)c2F)cn1. The average molecular weight is 474 g/mol. The van der Waals surface area contributed by atoms with Crippen molar-refractivity contribution in [1.82, 2.24) is 15.0 Å². The Morgan fingerprint density at radius 1 is 1.06 bits per heavy atom. The molecule has 1 atom stereocenters. The number of alkyl halides is 3. The van der Waals surface area contributed by atoms with Crippen LogP contribution >= 0.6 is 0 Å². The van der Waals surface area contributed by atoms with Crippen molar-refractivity contribution in [3.8, 4) is 0 Å². The minimum atomic E-state index is -4.42. The van der Waals surface area contributed by atoms with Gasteiger partial charge in [0.2, 0.25) is 11.7 Å². The maximum atomic E-state index is 15.1. The first-order valence-corrected chi connectivity index (χ1v) is 10.6. The van der Waals surface area contributed by atoms with E-state index in [0.29, 0.717) is 11.3 Å². The third-order valence-corrected chi connectivity index (χ3v) is 5.47. The Balaban J connectivity index is 1.46. The molecule has 0 radical (unpaired) electrons. The fraction of sp³-hybridized carbons (Fsp3) is 0.304. The van der Waals surface area contributed by atoms with Crippen molar-refractivity contribution in [3.63, 3.8) is 0 Å². The highest BCUT2D eigenvalue weighted by atomic mass is 19.4. The molecule has 1 unspecified atom stereocenters. The summed E-state index contributed by atoms with van der Waals surface area (Å²) in [5.74, 6) is -1.07. The Bertz CT molecular complexity index is 1150. The van der Waals surface area contributed by atoms with Crippen molar-refractivity contribution < 1.29 is 22.4 Å². The normalized spacial score (nSPS) is 14.5. The van der Waals surface area contributed by atoms with E-state index < -0.39 is 23.5 Å². The second-order valence-electron chi connectivity index (χ2n) is 8.12. The molecule has 1 saturated carbocycles. The summed E-state index contributed by atoms with van der Waals surface area (Å²) in [6.07, 6.45) is 0.142. The first-order chi connectivity index (χ1) is 16.2. The smallest absolute Gasteiger partial charge is 0.369 e. The van der Waals surface area contributed by atoms with E-state index in [1.54, 1.807) is 18.3 Å². The lowest BCUT2D eigenvalue weighted by Gasteiger charge is -2.21. The van der Waals surface area contributed by atoms with Gasteiger partial charge in [0.25, 0.3) is 0 Å². The molecule has 1 aliphatic rings. The number of aromatic nitrogens is 3. The van der Waals surface area contributed by atoms with Crippen LogP contribution in [0.25, 0.3) is 0 Å². The third kappa shape index (κ3) is 5.77. The molecule has 1 aromatic carbocycles. The van der Waals surface area contributed by atoms with E-state index >= 15 is 4.39 Å². The van der Waals surface area contributed by atoms with Gasteiger partial charge < -0.3 is 16.4 Å². The van der Waals surface area contributed by atoms with E-state index in [0.717, 1.165) is 30.5 Å². The van der Waals surface area contributed by atoms with Crippen LogP contribution < -0.4 is 16.4 Å². The van der Waals surface area contributed by atoms with Gasteiger partial charge in [-0.25, -0.2) is 9.97 Å². The van der Waals surface area contributed by atoms with Crippen LogP contribution in [0.2, 0.25) is 0 Å². The third-order valence-electron chi connectivity index (χ3n) is 5.47. The van der Waals surface area contributed by atoms with Gasteiger partial charge in [-0.05, 0) is 48.1 Å². The van der Waals surface area contributed by atoms with Crippen LogP contribution in [0.3, 0.4) is 0 Å². The van der Waals surface area contributed by atoms with E-state index in [4.69, 9.17) is 5.73 Å². The fourth-order valence-electron chi connectivity index (χ4n) is 3.55. The summed E-state index contributed by atoms with van der Waals surface area (Å²) in [6, 6.07) is 7.90. The number of rotatable bonds is 9. The van der Waals surface area contributed by atoms with Gasteiger partial charge in [-0.15, -0.1) is 0 Å². The van der Waals surface area contributed by atoms with E-state index in [-0.39, 0.29) is 36.6 Å². The number of nitrogens with two attached hydrogens (primary N) is 1. The molecule has 11 heteroatoms. The predicted molar refractivity (Wildman–Crippen MR) is 117 cm³/mol. The molecule has 0 aliphatic heterocycles. The highest BCUT2D eigenvalue weighted by molar-refractivity contribution is 5.76. The highest BCUT2D eigenvalue weighted by Gasteiger charge is 2.35. The van der Waals surface area contributed by atoms with Crippen molar-refractivity contribution >= 4 is 17.5 Å². The molecule has 4 rings (SSSR count). The molecule has 3 aromatic rings. The van der Waals surface area contributed by atoms with E-state index in [1.165, 1.54) is 18.5 Å². The number of primary amides is 1. The lowest BCUT2D eigenvalue weighted by molar-refractivity contribution is -0.137. The summed E-state index contributed by atoms with van der Waals surface area (Å²) >= 11 is 0. The summed E-state index contributed by atoms with van der Waals surface area (Å²) in [5.41, 5.74) is 6.31. The zero-order valence-electron chi connectivity index (χ0n) is 17.9. The summed E-state index contributed by atoms with van der Waals surface area (Å²) in [5, 5.41) is 5.93. The number of pyridine rings is 1. The molecule has 2 heterocycles. The van der Waals surface area contributed by atoms with Gasteiger partial charge in [-0.1, -0.05) is 18.2 Å². The monoisotopic (exact) mass is 474 g/mol. The Morgan fingerprint density at radius 3 is 2.35 bits per heavy atom. The van der Waals surface area contributed by atoms with Crippen LogP contribution in [0.1, 0.15) is 41.3 Å². The molecular formula is C23H22F4N6O. The van der Waals surface area contributed by atoms with Gasteiger partial charge in [-0.2, -0.15) is 17.6 Å². The van der Waals surface area contributed by atoms with Crippen LogP contribution in [0, 0.1) is 11.7 Å².